The van der Waals surface area contributed by atoms with Gasteiger partial charge in [0, 0.05) is 25.6 Å². The summed E-state index contributed by atoms with van der Waals surface area (Å²) < 4.78 is 25.8. The number of hydrogen-bond acceptors (Lipinski definition) is 3. The van der Waals surface area contributed by atoms with Crippen molar-refractivity contribution >= 4 is 40.0 Å². The van der Waals surface area contributed by atoms with Crippen molar-refractivity contribution in [2.24, 2.45) is 4.99 Å². The first-order valence-electron chi connectivity index (χ1n) is 8.81. The molecule has 0 radical (unpaired) electrons. The van der Waals surface area contributed by atoms with Crippen molar-refractivity contribution in [3.63, 3.8) is 0 Å². The van der Waals surface area contributed by atoms with Gasteiger partial charge in [0.05, 0.1) is 4.90 Å². The summed E-state index contributed by atoms with van der Waals surface area (Å²) in [5.41, 5.74) is 2.19. The van der Waals surface area contributed by atoms with Crippen molar-refractivity contribution in [2.75, 3.05) is 20.6 Å². The van der Waals surface area contributed by atoms with Crippen LogP contribution in [0, 0.1) is 0 Å². The Morgan fingerprint density at radius 1 is 1.00 bits per heavy atom. The SMILES string of the molecule is CN=C(NCc1ccc(S(=O)(=O)NC)cc1)NCC(C)(C)c1ccccc1.I. The highest BCUT2D eigenvalue weighted by Gasteiger charge is 2.20. The Labute approximate surface area is 185 Å². The number of aliphatic imine (C=N–C) groups is 1. The normalized spacial score (nSPS) is 12.2. The van der Waals surface area contributed by atoms with Crippen molar-refractivity contribution in [3.8, 4) is 0 Å². The van der Waals surface area contributed by atoms with E-state index in [-0.39, 0.29) is 34.3 Å². The summed E-state index contributed by atoms with van der Waals surface area (Å²) in [5, 5.41) is 6.61. The van der Waals surface area contributed by atoms with Crippen LogP contribution in [0.4, 0.5) is 0 Å². The van der Waals surface area contributed by atoms with Crippen LogP contribution in [0.15, 0.2) is 64.5 Å². The molecule has 2 rings (SSSR count). The third-order valence-corrected chi connectivity index (χ3v) is 5.87. The number of benzene rings is 2. The fourth-order valence-corrected chi connectivity index (χ4v) is 3.34. The fraction of sp³-hybridized carbons (Fsp3) is 0.350. The first-order valence-corrected chi connectivity index (χ1v) is 10.3. The summed E-state index contributed by atoms with van der Waals surface area (Å²) >= 11 is 0. The third-order valence-electron chi connectivity index (χ3n) is 4.44. The number of sulfonamides is 1. The lowest BCUT2D eigenvalue weighted by Crippen LogP contribution is -2.43. The molecule has 0 heterocycles. The Hall–Kier alpha value is -1.65. The lowest BCUT2D eigenvalue weighted by Gasteiger charge is -2.26. The zero-order valence-electron chi connectivity index (χ0n) is 16.7. The van der Waals surface area contributed by atoms with Crippen molar-refractivity contribution in [1.82, 2.24) is 15.4 Å². The van der Waals surface area contributed by atoms with E-state index in [2.05, 4.69) is 46.3 Å². The summed E-state index contributed by atoms with van der Waals surface area (Å²) in [6.07, 6.45) is 0. The monoisotopic (exact) mass is 516 g/mol. The summed E-state index contributed by atoms with van der Waals surface area (Å²) in [6.45, 7) is 5.65. The molecule has 3 N–H and O–H groups in total. The number of hydrogen-bond donors (Lipinski definition) is 3. The molecule has 0 saturated carbocycles. The van der Waals surface area contributed by atoms with Crippen molar-refractivity contribution in [3.05, 3.63) is 65.7 Å². The van der Waals surface area contributed by atoms with Gasteiger partial charge < -0.3 is 10.6 Å². The van der Waals surface area contributed by atoms with Crippen molar-refractivity contribution in [1.29, 1.82) is 0 Å². The van der Waals surface area contributed by atoms with Gasteiger partial charge in [0.1, 0.15) is 0 Å². The van der Waals surface area contributed by atoms with E-state index in [4.69, 9.17) is 0 Å². The first-order chi connectivity index (χ1) is 12.8. The van der Waals surface area contributed by atoms with Gasteiger partial charge in [-0.2, -0.15) is 0 Å². The number of halogens is 1. The molecule has 0 atom stereocenters. The predicted octanol–water partition coefficient (Wildman–Crippen LogP) is 2.86. The van der Waals surface area contributed by atoms with Crippen LogP contribution in [0.3, 0.4) is 0 Å². The number of nitrogens with one attached hydrogen (secondary N) is 3. The molecule has 2 aromatic rings. The zero-order valence-corrected chi connectivity index (χ0v) is 19.8. The Morgan fingerprint density at radius 3 is 2.14 bits per heavy atom. The molecular weight excluding hydrogens is 487 g/mol. The molecule has 0 saturated heterocycles. The zero-order chi connectivity index (χ0) is 19.9. The molecule has 0 aliphatic heterocycles. The lowest BCUT2D eigenvalue weighted by molar-refractivity contribution is 0.508. The van der Waals surface area contributed by atoms with Gasteiger partial charge in [0.25, 0.3) is 0 Å². The molecule has 154 valence electrons. The van der Waals surface area contributed by atoms with Crippen LogP contribution in [0.2, 0.25) is 0 Å². The van der Waals surface area contributed by atoms with Gasteiger partial charge in [-0.3, -0.25) is 4.99 Å². The Kier molecular flexibility index (Phi) is 9.38. The molecule has 8 heteroatoms. The van der Waals surface area contributed by atoms with E-state index in [1.54, 1.807) is 31.3 Å². The van der Waals surface area contributed by atoms with E-state index in [1.165, 1.54) is 12.6 Å². The maximum atomic E-state index is 11.8. The smallest absolute Gasteiger partial charge is 0.240 e. The second-order valence-electron chi connectivity index (χ2n) is 6.88. The van der Waals surface area contributed by atoms with Crippen LogP contribution >= 0.6 is 24.0 Å². The lowest BCUT2D eigenvalue weighted by atomic mass is 9.85. The van der Waals surface area contributed by atoms with Crippen LogP contribution < -0.4 is 15.4 Å². The average molecular weight is 516 g/mol. The highest BCUT2D eigenvalue weighted by Crippen LogP contribution is 2.21. The van der Waals surface area contributed by atoms with Crippen LogP contribution in [0.1, 0.15) is 25.0 Å². The summed E-state index contributed by atoms with van der Waals surface area (Å²) in [5.74, 6) is 0.700. The van der Waals surface area contributed by atoms with Gasteiger partial charge >= 0.3 is 0 Å². The number of rotatable bonds is 7. The van der Waals surface area contributed by atoms with Gasteiger partial charge in [0.2, 0.25) is 10.0 Å². The molecule has 0 bridgehead atoms. The summed E-state index contributed by atoms with van der Waals surface area (Å²) in [7, 11) is -0.279. The van der Waals surface area contributed by atoms with E-state index in [0.717, 1.165) is 12.1 Å². The predicted molar refractivity (Wildman–Crippen MR) is 126 cm³/mol. The van der Waals surface area contributed by atoms with Crippen LogP contribution in [0.25, 0.3) is 0 Å². The van der Waals surface area contributed by atoms with Crippen molar-refractivity contribution in [2.45, 2.75) is 30.7 Å². The Balaban J connectivity index is 0.00000392. The van der Waals surface area contributed by atoms with Crippen LogP contribution in [-0.4, -0.2) is 35.0 Å². The second-order valence-corrected chi connectivity index (χ2v) is 8.77. The van der Waals surface area contributed by atoms with E-state index >= 15 is 0 Å². The van der Waals surface area contributed by atoms with Crippen LogP contribution in [-0.2, 0) is 22.0 Å². The molecule has 0 aliphatic rings. The molecule has 0 aliphatic carbocycles. The molecule has 28 heavy (non-hydrogen) atoms. The highest BCUT2D eigenvalue weighted by molar-refractivity contribution is 14.0. The van der Waals surface area contributed by atoms with Crippen molar-refractivity contribution < 1.29 is 8.42 Å². The topological polar surface area (TPSA) is 82.6 Å². The standard InChI is InChI=1S/C20H28N4O2S.HI/c1-20(2,17-8-6-5-7-9-17)15-24-19(21-3)23-14-16-10-12-18(13-11-16)27(25,26)22-4;/h5-13,22H,14-15H2,1-4H3,(H2,21,23,24);1H. The maximum absolute atomic E-state index is 11.8. The Morgan fingerprint density at radius 2 is 1.61 bits per heavy atom. The highest BCUT2D eigenvalue weighted by atomic mass is 127. The van der Waals surface area contributed by atoms with Gasteiger partial charge in [-0.15, -0.1) is 24.0 Å². The average Bonchev–Trinajstić information content (AvgIpc) is 2.69. The summed E-state index contributed by atoms with van der Waals surface area (Å²) in [6, 6.07) is 17.1. The molecule has 2 aromatic carbocycles. The molecule has 6 nitrogen and oxygen atoms in total. The number of nitrogens with zero attached hydrogens (tertiary/aromatic N) is 1. The van der Waals surface area contributed by atoms with Gasteiger partial charge in [-0.05, 0) is 30.3 Å². The number of guanidine groups is 1. The molecule has 0 fully saturated rings. The first kappa shape index (κ1) is 24.4. The van der Waals surface area contributed by atoms with Gasteiger partial charge in [-0.1, -0.05) is 56.3 Å². The van der Waals surface area contributed by atoms with E-state index in [1.807, 2.05) is 18.2 Å². The summed E-state index contributed by atoms with van der Waals surface area (Å²) in [4.78, 5) is 4.51. The second kappa shape index (κ2) is 10.8. The molecule has 0 aromatic heterocycles. The molecular formula is C20H29IN4O2S. The minimum Gasteiger partial charge on any atom is -0.356 e. The van der Waals surface area contributed by atoms with Gasteiger partial charge in [0.15, 0.2) is 5.96 Å². The third kappa shape index (κ3) is 6.75. The molecule has 0 amide bonds. The van der Waals surface area contributed by atoms with E-state index in [0.29, 0.717) is 12.5 Å². The Bertz CT molecular complexity index is 867. The van der Waals surface area contributed by atoms with E-state index in [9.17, 15) is 8.42 Å². The maximum Gasteiger partial charge on any atom is 0.240 e. The molecule has 0 unspecified atom stereocenters. The fourth-order valence-electron chi connectivity index (χ4n) is 2.61. The largest absolute Gasteiger partial charge is 0.356 e. The minimum atomic E-state index is -3.41. The van der Waals surface area contributed by atoms with E-state index < -0.39 is 10.0 Å². The quantitative estimate of drug-likeness (QED) is 0.301. The van der Waals surface area contributed by atoms with Gasteiger partial charge in [-0.25, -0.2) is 13.1 Å². The minimum absolute atomic E-state index is 0. The molecule has 0 spiro atoms. The van der Waals surface area contributed by atoms with Crippen LogP contribution in [0.5, 0.6) is 0 Å².